The number of amides is 1. The summed E-state index contributed by atoms with van der Waals surface area (Å²) in [5.74, 6) is 1.87. The second-order valence-corrected chi connectivity index (χ2v) is 5.55. The Morgan fingerprint density at radius 2 is 2.09 bits per heavy atom. The first kappa shape index (κ1) is 17.0. The van der Waals surface area contributed by atoms with Crippen LogP contribution in [0.5, 0.6) is 5.75 Å². The van der Waals surface area contributed by atoms with Crippen LogP contribution in [0.2, 0.25) is 0 Å². The lowest BCUT2D eigenvalue weighted by atomic mass is 10.1. The van der Waals surface area contributed by atoms with Gasteiger partial charge in [0.2, 0.25) is 11.8 Å². The number of carbonyl (C=O) groups excluding carboxylic acids is 1. The number of benzene rings is 1. The van der Waals surface area contributed by atoms with Crippen LogP contribution in [-0.4, -0.2) is 34.6 Å². The van der Waals surface area contributed by atoms with E-state index in [1.54, 1.807) is 11.9 Å². The molecule has 0 N–H and O–H groups in total. The first-order chi connectivity index (χ1) is 11.0. The van der Waals surface area contributed by atoms with Crippen molar-refractivity contribution < 1.29 is 14.1 Å². The molecule has 23 heavy (non-hydrogen) atoms. The van der Waals surface area contributed by atoms with Crippen LogP contribution in [0.25, 0.3) is 0 Å². The molecule has 0 atom stereocenters. The van der Waals surface area contributed by atoms with E-state index >= 15 is 0 Å². The Morgan fingerprint density at radius 3 is 2.74 bits per heavy atom. The molecule has 0 radical (unpaired) electrons. The second kappa shape index (κ2) is 7.76. The molecule has 124 valence electrons. The van der Waals surface area contributed by atoms with E-state index in [4.69, 9.17) is 9.26 Å². The third kappa shape index (κ3) is 4.81. The topological polar surface area (TPSA) is 68.5 Å². The van der Waals surface area contributed by atoms with E-state index in [0.717, 1.165) is 5.75 Å². The second-order valence-electron chi connectivity index (χ2n) is 5.55. The third-order valence-electron chi connectivity index (χ3n) is 3.69. The largest absolute Gasteiger partial charge is 0.493 e. The van der Waals surface area contributed by atoms with Gasteiger partial charge in [0, 0.05) is 13.5 Å². The minimum Gasteiger partial charge on any atom is -0.493 e. The minimum absolute atomic E-state index is 0.0231. The number of aromatic nitrogens is 2. The molecule has 0 bridgehead atoms. The Hall–Kier alpha value is -2.37. The molecule has 0 aliphatic carbocycles. The van der Waals surface area contributed by atoms with Gasteiger partial charge in [-0.15, -0.1) is 0 Å². The fourth-order valence-corrected chi connectivity index (χ4v) is 2.04. The number of hydrogen-bond acceptors (Lipinski definition) is 5. The molecular weight excluding hydrogens is 294 g/mol. The average molecular weight is 317 g/mol. The highest BCUT2D eigenvalue weighted by Crippen LogP contribution is 2.16. The zero-order chi connectivity index (χ0) is 16.8. The molecule has 6 heteroatoms. The van der Waals surface area contributed by atoms with E-state index in [2.05, 4.69) is 17.1 Å². The van der Waals surface area contributed by atoms with E-state index in [-0.39, 0.29) is 5.91 Å². The fourth-order valence-electron chi connectivity index (χ4n) is 2.04. The summed E-state index contributed by atoms with van der Waals surface area (Å²) in [6, 6.07) is 5.91. The summed E-state index contributed by atoms with van der Waals surface area (Å²) >= 11 is 0. The highest BCUT2D eigenvalue weighted by atomic mass is 16.5. The monoisotopic (exact) mass is 317 g/mol. The molecule has 0 spiro atoms. The molecule has 0 aliphatic rings. The van der Waals surface area contributed by atoms with Gasteiger partial charge in [-0.3, -0.25) is 4.79 Å². The van der Waals surface area contributed by atoms with Gasteiger partial charge in [-0.05, 0) is 37.1 Å². The lowest BCUT2D eigenvalue weighted by molar-refractivity contribution is -0.131. The Kier molecular flexibility index (Phi) is 5.73. The zero-order valence-corrected chi connectivity index (χ0v) is 14.1. The summed E-state index contributed by atoms with van der Waals surface area (Å²) in [5, 5.41) is 3.82. The summed E-state index contributed by atoms with van der Waals surface area (Å²) in [7, 11) is 1.72. The van der Waals surface area contributed by atoms with Gasteiger partial charge < -0.3 is 14.2 Å². The summed E-state index contributed by atoms with van der Waals surface area (Å²) in [4.78, 5) is 17.9. The van der Waals surface area contributed by atoms with Crippen LogP contribution in [0, 0.1) is 13.8 Å². The van der Waals surface area contributed by atoms with Crippen molar-refractivity contribution >= 4 is 5.91 Å². The zero-order valence-electron chi connectivity index (χ0n) is 14.1. The number of ether oxygens (including phenoxy) is 1. The summed E-state index contributed by atoms with van der Waals surface area (Å²) in [6.45, 7) is 6.70. The molecule has 1 heterocycles. The Labute approximate surface area is 136 Å². The smallest absolute Gasteiger partial charge is 0.246 e. The molecule has 1 aromatic carbocycles. The predicted octanol–water partition coefficient (Wildman–Crippen LogP) is 2.68. The number of hydrogen-bond donors (Lipinski definition) is 0. The standard InChI is InChI=1S/C17H23N3O3/c1-5-15-18-16(23-19-15)11-20(4)17(21)8-9-22-14-7-6-12(2)13(3)10-14/h6-7,10H,5,8-9,11H2,1-4H3. The van der Waals surface area contributed by atoms with Gasteiger partial charge in [0.25, 0.3) is 0 Å². The molecule has 1 aromatic heterocycles. The highest BCUT2D eigenvalue weighted by molar-refractivity contribution is 5.75. The van der Waals surface area contributed by atoms with E-state index < -0.39 is 0 Å². The van der Waals surface area contributed by atoms with E-state index in [0.29, 0.717) is 37.7 Å². The SMILES string of the molecule is CCc1noc(CN(C)C(=O)CCOc2ccc(C)c(C)c2)n1. The van der Waals surface area contributed by atoms with Crippen molar-refractivity contribution in [2.75, 3.05) is 13.7 Å². The summed E-state index contributed by atoms with van der Waals surface area (Å²) < 4.78 is 10.7. The van der Waals surface area contributed by atoms with Gasteiger partial charge in [-0.25, -0.2) is 0 Å². The van der Waals surface area contributed by atoms with Crippen molar-refractivity contribution in [2.24, 2.45) is 0 Å². The van der Waals surface area contributed by atoms with Gasteiger partial charge in [0.1, 0.15) is 5.75 Å². The average Bonchev–Trinajstić information content (AvgIpc) is 2.98. The molecular formula is C17H23N3O3. The van der Waals surface area contributed by atoms with Crippen LogP contribution in [0.15, 0.2) is 22.7 Å². The maximum Gasteiger partial charge on any atom is 0.246 e. The maximum atomic E-state index is 12.1. The Balaban J connectivity index is 1.78. The fraction of sp³-hybridized carbons (Fsp3) is 0.471. The Morgan fingerprint density at radius 1 is 1.30 bits per heavy atom. The van der Waals surface area contributed by atoms with Crippen LogP contribution in [0.4, 0.5) is 0 Å². The van der Waals surface area contributed by atoms with Gasteiger partial charge in [-0.1, -0.05) is 18.1 Å². The van der Waals surface area contributed by atoms with Crippen molar-refractivity contribution in [3.8, 4) is 5.75 Å². The number of rotatable bonds is 7. The van der Waals surface area contributed by atoms with Crippen molar-refractivity contribution in [1.29, 1.82) is 0 Å². The first-order valence-corrected chi connectivity index (χ1v) is 7.75. The van der Waals surface area contributed by atoms with Crippen molar-refractivity contribution in [3.63, 3.8) is 0 Å². The van der Waals surface area contributed by atoms with E-state index in [1.807, 2.05) is 32.0 Å². The van der Waals surface area contributed by atoms with Crippen molar-refractivity contribution in [3.05, 3.63) is 41.0 Å². The van der Waals surface area contributed by atoms with Crippen LogP contribution in [-0.2, 0) is 17.8 Å². The van der Waals surface area contributed by atoms with E-state index in [1.165, 1.54) is 11.1 Å². The lowest BCUT2D eigenvalue weighted by Gasteiger charge is -2.15. The third-order valence-corrected chi connectivity index (χ3v) is 3.69. The van der Waals surface area contributed by atoms with Crippen LogP contribution < -0.4 is 4.74 Å². The van der Waals surface area contributed by atoms with Crippen LogP contribution in [0.3, 0.4) is 0 Å². The van der Waals surface area contributed by atoms with Crippen LogP contribution in [0.1, 0.15) is 36.2 Å². The highest BCUT2D eigenvalue weighted by Gasteiger charge is 2.13. The van der Waals surface area contributed by atoms with Gasteiger partial charge in [-0.2, -0.15) is 4.98 Å². The first-order valence-electron chi connectivity index (χ1n) is 7.75. The van der Waals surface area contributed by atoms with Crippen molar-refractivity contribution in [1.82, 2.24) is 15.0 Å². The molecule has 1 amide bonds. The molecule has 0 saturated carbocycles. The Bertz CT molecular complexity index is 667. The maximum absolute atomic E-state index is 12.1. The van der Waals surface area contributed by atoms with Crippen LogP contribution >= 0.6 is 0 Å². The summed E-state index contributed by atoms with van der Waals surface area (Å²) in [5.41, 5.74) is 2.40. The molecule has 0 saturated heterocycles. The van der Waals surface area contributed by atoms with Gasteiger partial charge >= 0.3 is 0 Å². The van der Waals surface area contributed by atoms with Gasteiger partial charge in [0.05, 0.1) is 19.6 Å². The quantitative estimate of drug-likeness (QED) is 0.785. The molecule has 2 aromatic rings. The molecule has 0 aliphatic heterocycles. The lowest BCUT2D eigenvalue weighted by Crippen LogP contribution is -2.27. The molecule has 0 fully saturated rings. The summed E-state index contributed by atoms with van der Waals surface area (Å²) in [6.07, 6.45) is 1.02. The van der Waals surface area contributed by atoms with Crippen molar-refractivity contribution in [2.45, 2.75) is 40.2 Å². The van der Waals surface area contributed by atoms with E-state index in [9.17, 15) is 4.79 Å². The predicted molar refractivity (Wildman–Crippen MR) is 86.2 cm³/mol. The normalized spacial score (nSPS) is 10.6. The number of nitrogens with zero attached hydrogens (tertiary/aromatic N) is 3. The number of aryl methyl sites for hydroxylation is 3. The molecule has 6 nitrogen and oxygen atoms in total. The minimum atomic E-state index is -0.0231. The molecule has 2 rings (SSSR count). The molecule has 0 unspecified atom stereocenters. The van der Waals surface area contributed by atoms with Gasteiger partial charge in [0.15, 0.2) is 5.82 Å². The number of carbonyl (C=O) groups is 1.